The number of hydrogen-bond donors (Lipinski definition) is 2. The predicted molar refractivity (Wildman–Crippen MR) is 89.6 cm³/mol. The number of H-pyrrole nitrogens is 1. The Labute approximate surface area is 134 Å². The quantitative estimate of drug-likeness (QED) is 0.769. The van der Waals surface area contributed by atoms with Crippen LogP contribution in [0.3, 0.4) is 0 Å². The number of nitrogens with zero attached hydrogens (tertiary/aromatic N) is 1. The molecule has 3 nitrogen and oxygen atoms in total. The molecule has 3 aromatic rings. The maximum Gasteiger partial charge on any atom is 0.172 e. The van der Waals surface area contributed by atoms with Crippen LogP contribution < -0.4 is 5.32 Å². The summed E-state index contributed by atoms with van der Waals surface area (Å²) in [6.07, 6.45) is 0.947. The van der Waals surface area contributed by atoms with Crippen LogP contribution in [0.5, 0.6) is 0 Å². The molecule has 0 aliphatic carbocycles. The van der Waals surface area contributed by atoms with E-state index in [9.17, 15) is 4.39 Å². The van der Waals surface area contributed by atoms with Gasteiger partial charge in [-0.2, -0.15) is 5.10 Å². The molecule has 4 rings (SSSR count). The van der Waals surface area contributed by atoms with Crippen molar-refractivity contribution in [2.75, 3.05) is 13.1 Å². The van der Waals surface area contributed by atoms with Gasteiger partial charge in [-0.15, -0.1) is 0 Å². The van der Waals surface area contributed by atoms with Gasteiger partial charge in [-0.05, 0) is 30.2 Å². The Balaban J connectivity index is 1.71. The average molecular weight is 307 g/mol. The summed E-state index contributed by atoms with van der Waals surface area (Å²) >= 11 is 0. The number of nitrogens with one attached hydrogen (secondary N) is 2. The van der Waals surface area contributed by atoms with Crippen LogP contribution in [0.15, 0.2) is 54.6 Å². The molecular weight excluding hydrogens is 289 g/mol. The molecule has 0 saturated carbocycles. The molecule has 1 saturated heterocycles. The van der Waals surface area contributed by atoms with Gasteiger partial charge in [-0.25, -0.2) is 4.39 Å². The topological polar surface area (TPSA) is 40.7 Å². The summed E-state index contributed by atoms with van der Waals surface area (Å²) in [7, 11) is 0. The highest BCUT2D eigenvalue weighted by atomic mass is 19.1. The molecule has 0 spiro atoms. The van der Waals surface area contributed by atoms with Crippen LogP contribution in [-0.2, 0) is 0 Å². The minimum absolute atomic E-state index is 0.188. The van der Waals surface area contributed by atoms with E-state index in [2.05, 4.69) is 27.6 Å². The van der Waals surface area contributed by atoms with Gasteiger partial charge in [0.1, 0.15) is 5.69 Å². The average Bonchev–Trinajstić information content (AvgIpc) is 3.25. The first-order chi connectivity index (χ1) is 11.3. The monoisotopic (exact) mass is 307 g/mol. The number of rotatable bonds is 3. The Hall–Kier alpha value is -2.46. The highest BCUT2D eigenvalue weighted by Gasteiger charge is 2.25. The van der Waals surface area contributed by atoms with Crippen LogP contribution in [0.1, 0.15) is 18.0 Å². The Kier molecular flexibility index (Phi) is 3.67. The molecule has 1 aliphatic heterocycles. The lowest BCUT2D eigenvalue weighted by atomic mass is 10.00. The number of hydrogen-bond acceptors (Lipinski definition) is 2. The summed E-state index contributed by atoms with van der Waals surface area (Å²) in [5, 5.41) is 10.4. The normalized spacial score (nSPS) is 17.5. The van der Waals surface area contributed by atoms with Crippen molar-refractivity contribution in [3.63, 3.8) is 0 Å². The van der Waals surface area contributed by atoms with Gasteiger partial charge in [0, 0.05) is 18.0 Å². The summed E-state index contributed by atoms with van der Waals surface area (Å²) in [5.74, 6) is -0.0301. The molecule has 0 radical (unpaired) electrons. The lowest BCUT2D eigenvalue weighted by molar-refractivity contribution is 0.587. The third-order valence-corrected chi connectivity index (χ3v) is 4.44. The molecule has 1 fully saturated rings. The molecule has 0 bridgehead atoms. The molecule has 23 heavy (non-hydrogen) atoms. The molecule has 1 aromatic heterocycles. The van der Waals surface area contributed by atoms with E-state index in [-0.39, 0.29) is 11.7 Å². The summed E-state index contributed by atoms with van der Waals surface area (Å²) < 4.78 is 14.8. The van der Waals surface area contributed by atoms with E-state index in [0.29, 0.717) is 11.4 Å². The first kappa shape index (κ1) is 14.2. The summed E-state index contributed by atoms with van der Waals surface area (Å²) in [5.41, 5.74) is 4.01. The fourth-order valence-corrected chi connectivity index (χ4v) is 3.18. The van der Waals surface area contributed by atoms with Crippen LogP contribution in [-0.4, -0.2) is 23.3 Å². The van der Waals surface area contributed by atoms with E-state index in [4.69, 9.17) is 0 Å². The third-order valence-electron chi connectivity index (χ3n) is 4.44. The molecule has 2 N–H and O–H groups in total. The van der Waals surface area contributed by atoms with Gasteiger partial charge in [0.25, 0.3) is 0 Å². The van der Waals surface area contributed by atoms with Crippen molar-refractivity contribution in [3.05, 3.63) is 66.1 Å². The van der Waals surface area contributed by atoms with E-state index < -0.39 is 0 Å². The van der Waals surface area contributed by atoms with Gasteiger partial charge in [0.2, 0.25) is 0 Å². The maximum atomic E-state index is 14.8. The minimum Gasteiger partial charge on any atom is -0.316 e. The molecule has 1 aliphatic rings. The maximum absolute atomic E-state index is 14.8. The summed E-state index contributed by atoms with van der Waals surface area (Å²) in [6.45, 7) is 1.74. The Morgan fingerprint density at radius 3 is 2.52 bits per heavy atom. The lowest BCUT2D eigenvalue weighted by Crippen LogP contribution is -2.09. The van der Waals surface area contributed by atoms with Gasteiger partial charge in [-0.3, -0.25) is 5.10 Å². The van der Waals surface area contributed by atoms with Crippen LogP contribution in [0, 0.1) is 5.82 Å². The Bertz CT molecular complexity index is 804. The fraction of sp³-hybridized carbons (Fsp3) is 0.211. The summed E-state index contributed by atoms with van der Waals surface area (Å²) in [6, 6.07) is 18.0. The van der Waals surface area contributed by atoms with E-state index in [1.165, 1.54) is 0 Å². The van der Waals surface area contributed by atoms with Crippen molar-refractivity contribution < 1.29 is 4.39 Å². The van der Waals surface area contributed by atoms with Crippen molar-refractivity contribution in [2.24, 2.45) is 0 Å². The van der Waals surface area contributed by atoms with Crippen LogP contribution in [0.2, 0.25) is 0 Å². The number of halogens is 1. The molecule has 0 amide bonds. The zero-order valence-corrected chi connectivity index (χ0v) is 12.7. The first-order valence-electron chi connectivity index (χ1n) is 7.93. The van der Waals surface area contributed by atoms with Crippen molar-refractivity contribution in [1.82, 2.24) is 15.5 Å². The van der Waals surface area contributed by atoms with E-state index in [1.54, 1.807) is 0 Å². The molecule has 2 heterocycles. The lowest BCUT2D eigenvalue weighted by Gasteiger charge is -2.06. The molecule has 116 valence electrons. The van der Waals surface area contributed by atoms with Crippen LogP contribution in [0.25, 0.3) is 22.4 Å². The molecule has 2 aromatic carbocycles. The Morgan fingerprint density at radius 2 is 1.74 bits per heavy atom. The van der Waals surface area contributed by atoms with Gasteiger partial charge < -0.3 is 5.32 Å². The molecule has 1 unspecified atom stereocenters. The molecular formula is C19H18FN3. The van der Waals surface area contributed by atoms with E-state index in [0.717, 1.165) is 36.2 Å². The minimum atomic E-state index is -0.219. The number of aromatic nitrogens is 2. The van der Waals surface area contributed by atoms with Gasteiger partial charge in [0.05, 0.1) is 5.69 Å². The zero-order chi connectivity index (χ0) is 15.6. The van der Waals surface area contributed by atoms with Crippen molar-refractivity contribution in [2.45, 2.75) is 12.3 Å². The van der Waals surface area contributed by atoms with Crippen LogP contribution in [0.4, 0.5) is 4.39 Å². The fourth-order valence-electron chi connectivity index (χ4n) is 3.18. The first-order valence-corrected chi connectivity index (χ1v) is 7.93. The second kappa shape index (κ2) is 5.97. The molecule has 1 atom stereocenters. The zero-order valence-electron chi connectivity index (χ0n) is 12.7. The number of benzene rings is 2. The molecule has 4 heteroatoms. The van der Waals surface area contributed by atoms with Crippen molar-refractivity contribution in [3.8, 4) is 22.4 Å². The largest absolute Gasteiger partial charge is 0.316 e. The van der Waals surface area contributed by atoms with Gasteiger partial charge in [0.15, 0.2) is 5.82 Å². The smallest absolute Gasteiger partial charge is 0.172 e. The van der Waals surface area contributed by atoms with E-state index >= 15 is 0 Å². The second-order valence-electron chi connectivity index (χ2n) is 5.94. The SMILES string of the molecule is Fc1c(-c2cccc(-c3ccccc3)c2)n[nH]c1C1CCNC1. The predicted octanol–water partition coefficient (Wildman–Crippen LogP) is 3.96. The Morgan fingerprint density at radius 1 is 0.957 bits per heavy atom. The van der Waals surface area contributed by atoms with Gasteiger partial charge in [-0.1, -0.05) is 48.5 Å². The summed E-state index contributed by atoms with van der Waals surface area (Å²) in [4.78, 5) is 0. The van der Waals surface area contributed by atoms with Crippen molar-refractivity contribution in [1.29, 1.82) is 0 Å². The van der Waals surface area contributed by atoms with E-state index in [1.807, 2.05) is 42.5 Å². The number of aromatic amines is 1. The third kappa shape index (κ3) is 2.66. The van der Waals surface area contributed by atoms with Crippen LogP contribution >= 0.6 is 0 Å². The second-order valence-corrected chi connectivity index (χ2v) is 5.94. The highest BCUT2D eigenvalue weighted by Crippen LogP contribution is 2.31. The van der Waals surface area contributed by atoms with Gasteiger partial charge >= 0.3 is 0 Å². The standard InChI is InChI=1S/C19H18FN3/c20-17-18(22-23-19(17)16-9-10-21-12-16)15-8-4-7-14(11-15)13-5-2-1-3-6-13/h1-8,11,16,21H,9-10,12H2,(H,22,23). The van der Waals surface area contributed by atoms with Crippen molar-refractivity contribution >= 4 is 0 Å². The highest BCUT2D eigenvalue weighted by molar-refractivity contribution is 5.71.